The maximum atomic E-state index is 12.3. The average Bonchev–Trinajstić information content (AvgIpc) is 2.33. The predicted molar refractivity (Wildman–Crippen MR) is 68.9 cm³/mol. The number of aromatic nitrogens is 1. The van der Waals surface area contributed by atoms with Crippen LogP contribution in [0.1, 0.15) is 24.8 Å². The number of rotatable bonds is 6. The Morgan fingerprint density at radius 1 is 1.44 bits per heavy atom. The van der Waals surface area contributed by atoms with Crippen molar-refractivity contribution in [2.45, 2.75) is 25.8 Å². The van der Waals surface area contributed by atoms with Gasteiger partial charge in [0, 0.05) is 38.5 Å². The topological polar surface area (TPSA) is 42.4 Å². The van der Waals surface area contributed by atoms with Crippen LogP contribution in [-0.2, 0) is 16.1 Å². The molecule has 1 aliphatic rings. The molecule has 0 unspecified atom stereocenters. The quantitative estimate of drug-likeness (QED) is 0.771. The fourth-order valence-corrected chi connectivity index (χ4v) is 2.09. The second-order valence-electron chi connectivity index (χ2n) is 4.74. The van der Waals surface area contributed by atoms with E-state index in [0.29, 0.717) is 19.7 Å². The van der Waals surface area contributed by atoms with E-state index in [1.165, 1.54) is 6.42 Å². The van der Waals surface area contributed by atoms with Gasteiger partial charge in [-0.25, -0.2) is 0 Å². The molecule has 18 heavy (non-hydrogen) atoms. The van der Waals surface area contributed by atoms with Crippen molar-refractivity contribution in [1.82, 2.24) is 9.88 Å². The summed E-state index contributed by atoms with van der Waals surface area (Å²) in [5.41, 5.74) is 1.12. The molecule has 4 nitrogen and oxygen atoms in total. The normalized spacial score (nSPS) is 15.2. The van der Waals surface area contributed by atoms with E-state index in [1.807, 2.05) is 17.0 Å². The SMILES string of the molecule is COCCN(Cc1ccncc1)C(=O)C1CCC1. The van der Waals surface area contributed by atoms with Gasteiger partial charge in [-0.15, -0.1) is 0 Å². The Bertz CT molecular complexity index is 377. The summed E-state index contributed by atoms with van der Waals surface area (Å²) < 4.78 is 5.09. The number of methoxy groups -OCH3 is 1. The van der Waals surface area contributed by atoms with Crippen molar-refractivity contribution in [1.29, 1.82) is 0 Å². The van der Waals surface area contributed by atoms with E-state index >= 15 is 0 Å². The van der Waals surface area contributed by atoms with Crippen LogP contribution < -0.4 is 0 Å². The van der Waals surface area contributed by atoms with Crippen LogP contribution in [0.4, 0.5) is 0 Å². The molecule has 1 aliphatic carbocycles. The molecule has 0 saturated heterocycles. The summed E-state index contributed by atoms with van der Waals surface area (Å²) in [6, 6.07) is 3.90. The van der Waals surface area contributed by atoms with Crippen molar-refractivity contribution in [3.63, 3.8) is 0 Å². The molecule has 0 N–H and O–H groups in total. The Hall–Kier alpha value is -1.42. The van der Waals surface area contributed by atoms with E-state index in [2.05, 4.69) is 4.98 Å². The van der Waals surface area contributed by atoms with Gasteiger partial charge in [0.25, 0.3) is 0 Å². The molecule has 1 aromatic heterocycles. The van der Waals surface area contributed by atoms with Gasteiger partial charge in [-0.1, -0.05) is 6.42 Å². The van der Waals surface area contributed by atoms with Crippen molar-refractivity contribution >= 4 is 5.91 Å². The standard InChI is InChI=1S/C14H20N2O2/c1-18-10-9-16(14(17)13-3-2-4-13)11-12-5-7-15-8-6-12/h5-8,13H,2-4,9-11H2,1H3. The number of amides is 1. The number of carbonyl (C=O) groups excluding carboxylic acids is 1. The molecule has 2 rings (SSSR count). The highest BCUT2D eigenvalue weighted by Gasteiger charge is 2.29. The fraction of sp³-hybridized carbons (Fsp3) is 0.571. The zero-order valence-electron chi connectivity index (χ0n) is 10.8. The third kappa shape index (κ3) is 3.29. The molecule has 0 spiro atoms. The van der Waals surface area contributed by atoms with Gasteiger partial charge in [0.2, 0.25) is 5.91 Å². The van der Waals surface area contributed by atoms with Gasteiger partial charge in [0.15, 0.2) is 0 Å². The third-order valence-corrected chi connectivity index (χ3v) is 3.45. The molecule has 1 heterocycles. The van der Waals surface area contributed by atoms with E-state index in [0.717, 1.165) is 18.4 Å². The van der Waals surface area contributed by atoms with Crippen LogP contribution in [-0.4, -0.2) is 36.1 Å². The fourth-order valence-electron chi connectivity index (χ4n) is 2.09. The first-order valence-electron chi connectivity index (χ1n) is 6.48. The monoisotopic (exact) mass is 248 g/mol. The lowest BCUT2D eigenvalue weighted by Gasteiger charge is -2.31. The van der Waals surface area contributed by atoms with E-state index in [1.54, 1.807) is 19.5 Å². The molecule has 98 valence electrons. The number of hydrogen-bond donors (Lipinski definition) is 0. The van der Waals surface area contributed by atoms with Crippen molar-refractivity contribution in [2.24, 2.45) is 5.92 Å². The number of nitrogens with zero attached hydrogens (tertiary/aromatic N) is 2. The molecule has 1 aromatic rings. The summed E-state index contributed by atoms with van der Waals surface area (Å²) in [6.45, 7) is 1.90. The molecule has 0 bridgehead atoms. The highest BCUT2D eigenvalue weighted by molar-refractivity contribution is 5.79. The maximum Gasteiger partial charge on any atom is 0.226 e. The summed E-state index contributed by atoms with van der Waals surface area (Å²) in [4.78, 5) is 18.2. The molecule has 0 radical (unpaired) electrons. The highest BCUT2D eigenvalue weighted by Crippen LogP contribution is 2.28. The minimum absolute atomic E-state index is 0.240. The number of hydrogen-bond acceptors (Lipinski definition) is 3. The van der Waals surface area contributed by atoms with Crippen LogP contribution in [0.5, 0.6) is 0 Å². The van der Waals surface area contributed by atoms with E-state index in [9.17, 15) is 4.79 Å². The number of ether oxygens (including phenoxy) is 1. The van der Waals surface area contributed by atoms with Crippen molar-refractivity contribution in [2.75, 3.05) is 20.3 Å². The van der Waals surface area contributed by atoms with Gasteiger partial charge in [-0.05, 0) is 30.5 Å². The van der Waals surface area contributed by atoms with Crippen molar-refractivity contribution in [3.8, 4) is 0 Å². The smallest absolute Gasteiger partial charge is 0.226 e. The van der Waals surface area contributed by atoms with Crippen LogP contribution in [0.2, 0.25) is 0 Å². The Morgan fingerprint density at radius 3 is 2.72 bits per heavy atom. The van der Waals surface area contributed by atoms with E-state index in [4.69, 9.17) is 4.74 Å². The Labute approximate surface area is 108 Å². The number of pyridine rings is 1. The second-order valence-corrected chi connectivity index (χ2v) is 4.74. The van der Waals surface area contributed by atoms with Gasteiger partial charge in [-0.3, -0.25) is 9.78 Å². The Morgan fingerprint density at radius 2 is 2.17 bits per heavy atom. The van der Waals surface area contributed by atoms with Crippen molar-refractivity contribution < 1.29 is 9.53 Å². The van der Waals surface area contributed by atoms with Crippen LogP contribution in [0.3, 0.4) is 0 Å². The molecule has 4 heteroatoms. The van der Waals surface area contributed by atoms with Gasteiger partial charge in [0.1, 0.15) is 0 Å². The first kappa shape index (κ1) is 13.0. The Balaban J connectivity index is 1.97. The van der Waals surface area contributed by atoms with Gasteiger partial charge in [-0.2, -0.15) is 0 Å². The molecule has 0 aliphatic heterocycles. The lowest BCUT2D eigenvalue weighted by atomic mass is 9.84. The Kier molecular flexibility index (Phi) is 4.70. The molecule has 1 fully saturated rings. The summed E-state index contributed by atoms with van der Waals surface area (Å²) in [5, 5.41) is 0. The summed E-state index contributed by atoms with van der Waals surface area (Å²) in [6.07, 6.45) is 6.79. The van der Waals surface area contributed by atoms with Gasteiger partial charge in [0.05, 0.1) is 6.61 Å². The molecular formula is C14H20N2O2. The molecule has 1 amide bonds. The molecule has 0 atom stereocenters. The van der Waals surface area contributed by atoms with Gasteiger partial charge >= 0.3 is 0 Å². The lowest BCUT2D eigenvalue weighted by molar-refractivity contribution is -0.139. The second kappa shape index (κ2) is 6.50. The van der Waals surface area contributed by atoms with E-state index < -0.39 is 0 Å². The minimum atomic E-state index is 0.240. The molecular weight excluding hydrogens is 228 g/mol. The van der Waals surface area contributed by atoms with Gasteiger partial charge < -0.3 is 9.64 Å². The molecule has 0 aromatic carbocycles. The lowest BCUT2D eigenvalue weighted by Crippen LogP contribution is -2.40. The summed E-state index contributed by atoms with van der Waals surface area (Å²) in [7, 11) is 1.67. The number of carbonyl (C=O) groups is 1. The summed E-state index contributed by atoms with van der Waals surface area (Å²) >= 11 is 0. The third-order valence-electron chi connectivity index (χ3n) is 3.45. The first-order valence-corrected chi connectivity index (χ1v) is 6.48. The van der Waals surface area contributed by atoms with Crippen LogP contribution in [0, 0.1) is 5.92 Å². The summed E-state index contributed by atoms with van der Waals surface area (Å²) in [5.74, 6) is 0.513. The van der Waals surface area contributed by atoms with Crippen molar-refractivity contribution in [3.05, 3.63) is 30.1 Å². The predicted octanol–water partition coefficient (Wildman–Crippen LogP) is 1.86. The highest BCUT2D eigenvalue weighted by atomic mass is 16.5. The largest absolute Gasteiger partial charge is 0.383 e. The van der Waals surface area contributed by atoms with Crippen LogP contribution in [0.15, 0.2) is 24.5 Å². The minimum Gasteiger partial charge on any atom is -0.383 e. The van der Waals surface area contributed by atoms with Crippen LogP contribution >= 0.6 is 0 Å². The van der Waals surface area contributed by atoms with E-state index in [-0.39, 0.29) is 11.8 Å². The maximum absolute atomic E-state index is 12.3. The van der Waals surface area contributed by atoms with Crippen LogP contribution in [0.25, 0.3) is 0 Å². The zero-order valence-corrected chi connectivity index (χ0v) is 10.8. The first-order chi connectivity index (χ1) is 8.81. The molecule has 1 saturated carbocycles. The zero-order chi connectivity index (χ0) is 12.8. The average molecular weight is 248 g/mol.